The van der Waals surface area contributed by atoms with E-state index in [-0.39, 0.29) is 11.7 Å². The predicted octanol–water partition coefficient (Wildman–Crippen LogP) is 2.57. The average Bonchev–Trinajstić information content (AvgIpc) is 2.70. The molecule has 1 aromatic carbocycles. The van der Waals surface area contributed by atoms with E-state index >= 15 is 0 Å². The molecule has 0 radical (unpaired) electrons. The molecule has 96 valence electrons. The van der Waals surface area contributed by atoms with Crippen LogP contribution in [0.2, 0.25) is 0 Å². The summed E-state index contributed by atoms with van der Waals surface area (Å²) < 4.78 is 0. The van der Waals surface area contributed by atoms with Crippen molar-refractivity contribution in [1.82, 2.24) is 4.90 Å². The molecule has 1 heterocycles. The van der Waals surface area contributed by atoms with Crippen LogP contribution in [0.4, 0.5) is 0 Å². The van der Waals surface area contributed by atoms with E-state index in [0.717, 1.165) is 18.7 Å². The lowest BCUT2D eigenvalue weighted by molar-refractivity contribution is 0.0661. The number of aryl methyl sites for hydroxylation is 1. The lowest BCUT2D eigenvalue weighted by Crippen LogP contribution is -2.41. The predicted molar refractivity (Wildman–Crippen MR) is 69.6 cm³/mol. The average molecular weight is 245 g/mol. The Hall–Kier alpha value is -1.51. The number of phenolic OH excluding ortho intramolecular Hbond substituents is 1. The van der Waals surface area contributed by atoms with E-state index in [1.54, 1.807) is 18.2 Å². The fourth-order valence-corrected chi connectivity index (χ4v) is 3.38. The van der Waals surface area contributed by atoms with Crippen molar-refractivity contribution in [3.63, 3.8) is 0 Å². The van der Waals surface area contributed by atoms with Gasteiger partial charge in [-0.05, 0) is 55.7 Å². The maximum atomic E-state index is 12.5. The first kappa shape index (κ1) is 11.6. The van der Waals surface area contributed by atoms with Crippen molar-refractivity contribution in [3.05, 3.63) is 29.3 Å². The van der Waals surface area contributed by atoms with Gasteiger partial charge in [0.1, 0.15) is 5.75 Å². The van der Waals surface area contributed by atoms with Crippen LogP contribution in [0.25, 0.3) is 0 Å². The molecule has 1 saturated heterocycles. The SMILES string of the molecule is Cc1ccc(O)cc1C(=O)N1C[C@@H]2CC[C@@H](C2)C1. The van der Waals surface area contributed by atoms with Crippen molar-refractivity contribution in [2.75, 3.05) is 13.1 Å². The van der Waals surface area contributed by atoms with Crippen LogP contribution in [0.1, 0.15) is 35.2 Å². The molecule has 1 N–H and O–H groups in total. The Morgan fingerprint density at radius 2 is 1.94 bits per heavy atom. The third kappa shape index (κ3) is 1.98. The highest BCUT2D eigenvalue weighted by molar-refractivity contribution is 5.96. The Labute approximate surface area is 107 Å². The number of fused-ring (bicyclic) bond motifs is 2. The minimum Gasteiger partial charge on any atom is -0.508 e. The second-order valence-corrected chi connectivity index (χ2v) is 5.75. The summed E-state index contributed by atoms with van der Waals surface area (Å²) in [4.78, 5) is 14.5. The molecule has 1 aliphatic heterocycles. The van der Waals surface area contributed by atoms with Crippen molar-refractivity contribution in [1.29, 1.82) is 0 Å². The van der Waals surface area contributed by atoms with Crippen LogP contribution in [-0.2, 0) is 0 Å². The summed E-state index contributed by atoms with van der Waals surface area (Å²) in [6.45, 7) is 3.71. The first-order valence-corrected chi connectivity index (χ1v) is 6.72. The molecule has 2 aliphatic rings. The third-order valence-corrected chi connectivity index (χ3v) is 4.35. The molecule has 0 aromatic heterocycles. The molecule has 2 atom stereocenters. The van der Waals surface area contributed by atoms with Gasteiger partial charge in [-0.3, -0.25) is 4.79 Å². The van der Waals surface area contributed by atoms with Crippen LogP contribution in [0.3, 0.4) is 0 Å². The number of piperidine rings is 1. The summed E-state index contributed by atoms with van der Waals surface area (Å²) in [5.74, 6) is 1.65. The van der Waals surface area contributed by atoms with E-state index in [4.69, 9.17) is 0 Å². The van der Waals surface area contributed by atoms with Crippen molar-refractivity contribution in [3.8, 4) is 5.75 Å². The van der Waals surface area contributed by atoms with Crippen LogP contribution in [0.15, 0.2) is 18.2 Å². The number of nitrogens with zero attached hydrogens (tertiary/aromatic N) is 1. The van der Waals surface area contributed by atoms with Gasteiger partial charge in [0.15, 0.2) is 0 Å². The Bertz CT molecular complexity index is 471. The van der Waals surface area contributed by atoms with E-state index < -0.39 is 0 Å². The summed E-state index contributed by atoms with van der Waals surface area (Å²) in [6.07, 6.45) is 3.84. The van der Waals surface area contributed by atoms with Crippen molar-refractivity contribution < 1.29 is 9.90 Å². The normalized spacial score (nSPS) is 26.4. The van der Waals surface area contributed by atoms with E-state index in [1.807, 2.05) is 11.8 Å². The minimum absolute atomic E-state index is 0.0833. The number of hydrogen-bond donors (Lipinski definition) is 1. The fourth-order valence-electron chi connectivity index (χ4n) is 3.38. The van der Waals surface area contributed by atoms with Crippen molar-refractivity contribution in [2.45, 2.75) is 26.2 Å². The number of hydrogen-bond acceptors (Lipinski definition) is 2. The van der Waals surface area contributed by atoms with Gasteiger partial charge in [-0.1, -0.05) is 6.07 Å². The second kappa shape index (κ2) is 4.30. The topological polar surface area (TPSA) is 40.5 Å². The molecule has 0 unspecified atom stereocenters. The summed E-state index contributed by atoms with van der Waals surface area (Å²) in [5, 5.41) is 9.53. The van der Waals surface area contributed by atoms with Crippen LogP contribution in [0.5, 0.6) is 5.75 Å². The first-order chi connectivity index (χ1) is 8.63. The quantitative estimate of drug-likeness (QED) is 0.826. The number of carbonyl (C=O) groups excluding carboxylic acids is 1. The summed E-state index contributed by atoms with van der Waals surface area (Å²) >= 11 is 0. The Kier molecular flexibility index (Phi) is 2.77. The van der Waals surface area contributed by atoms with Crippen LogP contribution >= 0.6 is 0 Å². The van der Waals surface area contributed by atoms with Gasteiger partial charge >= 0.3 is 0 Å². The van der Waals surface area contributed by atoms with Crippen LogP contribution in [0, 0.1) is 18.8 Å². The van der Waals surface area contributed by atoms with Crippen LogP contribution < -0.4 is 0 Å². The number of benzene rings is 1. The van der Waals surface area contributed by atoms with Crippen LogP contribution in [-0.4, -0.2) is 29.0 Å². The molecular weight excluding hydrogens is 226 g/mol. The number of carbonyl (C=O) groups is 1. The zero-order valence-electron chi connectivity index (χ0n) is 10.7. The molecule has 18 heavy (non-hydrogen) atoms. The molecule has 1 aromatic rings. The van der Waals surface area contributed by atoms with Gasteiger partial charge in [0.05, 0.1) is 0 Å². The lowest BCUT2D eigenvalue weighted by Gasteiger charge is -2.32. The number of phenols is 1. The maximum absolute atomic E-state index is 12.5. The molecule has 2 bridgehead atoms. The zero-order chi connectivity index (χ0) is 12.7. The fraction of sp³-hybridized carbons (Fsp3) is 0.533. The third-order valence-electron chi connectivity index (χ3n) is 4.35. The largest absolute Gasteiger partial charge is 0.508 e. The van der Waals surface area contributed by atoms with E-state index in [1.165, 1.54) is 19.3 Å². The number of rotatable bonds is 1. The molecule has 3 nitrogen and oxygen atoms in total. The Balaban J connectivity index is 1.84. The highest BCUT2D eigenvalue weighted by atomic mass is 16.3. The monoisotopic (exact) mass is 245 g/mol. The smallest absolute Gasteiger partial charge is 0.254 e. The summed E-state index contributed by atoms with van der Waals surface area (Å²) in [5.41, 5.74) is 1.59. The lowest BCUT2D eigenvalue weighted by atomic mass is 9.97. The molecule has 2 fully saturated rings. The van der Waals surface area contributed by atoms with Crippen molar-refractivity contribution in [2.24, 2.45) is 11.8 Å². The number of aromatic hydroxyl groups is 1. The second-order valence-electron chi connectivity index (χ2n) is 5.75. The first-order valence-electron chi connectivity index (χ1n) is 6.72. The maximum Gasteiger partial charge on any atom is 0.254 e. The highest BCUT2D eigenvalue weighted by Gasteiger charge is 2.35. The zero-order valence-corrected chi connectivity index (χ0v) is 10.7. The number of amides is 1. The summed E-state index contributed by atoms with van der Waals surface area (Å²) in [7, 11) is 0. The summed E-state index contributed by atoms with van der Waals surface area (Å²) in [6, 6.07) is 5.03. The molecule has 1 saturated carbocycles. The highest BCUT2D eigenvalue weighted by Crippen LogP contribution is 2.37. The van der Waals surface area contributed by atoms with Gasteiger partial charge in [-0.25, -0.2) is 0 Å². The van der Waals surface area contributed by atoms with Gasteiger partial charge in [0.25, 0.3) is 5.91 Å². The number of likely N-dealkylation sites (tertiary alicyclic amines) is 1. The molecule has 1 aliphatic carbocycles. The van der Waals surface area contributed by atoms with E-state index in [9.17, 15) is 9.90 Å². The molecule has 3 heteroatoms. The molecule has 3 rings (SSSR count). The van der Waals surface area contributed by atoms with Gasteiger partial charge in [-0.15, -0.1) is 0 Å². The van der Waals surface area contributed by atoms with Gasteiger partial charge in [0.2, 0.25) is 0 Å². The van der Waals surface area contributed by atoms with Gasteiger partial charge in [-0.2, -0.15) is 0 Å². The van der Waals surface area contributed by atoms with E-state index in [2.05, 4.69) is 0 Å². The molecular formula is C15H19NO2. The van der Waals surface area contributed by atoms with E-state index in [0.29, 0.717) is 17.4 Å². The molecule has 0 spiro atoms. The molecule has 1 amide bonds. The van der Waals surface area contributed by atoms with Crippen molar-refractivity contribution >= 4 is 5.91 Å². The Morgan fingerprint density at radius 1 is 1.28 bits per heavy atom. The minimum atomic E-state index is 0.0833. The van der Waals surface area contributed by atoms with Gasteiger partial charge < -0.3 is 10.0 Å². The Morgan fingerprint density at radius 3 is 2.61 bits per heavy atom. The van der Waals surface area contributed by atoms with Gasteiger partial charge in [0, 0.05) is 18.7 Å². The standard InChI is InChI=1S/C15H19NO2/c1-10-2-5-13(17)7-14(10)15(18)16-8-11-3-4-12(6-11)9-16/h2,5,7,11-12,17H,3-4,6,8-9H2,1H3/t11-,12+.